The molecule has 2 heterocycles. The van der Waals surface area contributed by atoms with Crippen molar-refractivity contribution in [3.8, 4) is 0 Å². The van der Waals surface area contributed by atoms with Gasteiger partial charge in [0.25, 0.3) is 0 Å². The summed E-state index contributed by atoms with van der Waals surface area (Å²) in [5, 5.41) is 9.85. The van der Waals surface area contributed by atoms with E-state index >= 15 is 0 Å². The average Bonchev–Trinajstić information content (AvgIpc) is 3.26. The number of halogens is 1. The van der Waals surface area contributed by atoms with Crippen molar-refractivity contribution < 1.29 is 9.90 Å². The van der Waals surface area contributed by atoms with E-state index in [2.05, 4.69) is 64.2 Å². The van der Waals surface area contributed by atoms with Crippen molar-refractivity contribution in [2.24, 2.45) is 5.92 Å². The first-order valence-corrected chi connectivity index (χ1v) is 12.5. The van der Waals surface area contributed by atoms with Gasteiger partial charge in [0.05, 0.1) is 11.6 Å². The molecule has 0 bridgehead atoms. The molecule has 0 saturated heterocycles. The molecular formula is C27H30BrNO2. The molecule has 0 aromatic heterocycles. The first-order chi connectivity index (χ1) is 15.1. The number of allylic oxidation sites excluding steroid dienone is 2. The van der Waals surface area contributed by atoms with Crippen molar-refractivity contribution in [2.75, 3.05) is 11.4 Å². The summed E-state index contributed by atoms with van der Waals surface area (Å²) in [5.41, 5.74) is 5.67. The summed E-state index contributed by atoms with van der Waals surface area (Å²) in [6, 6.07) is 13.1. The molecule has 4 heteroatoms. The average molecular weight is 480 g/mol. The second kappa shape index (κ2) is 8.46. The molecule has 3 nitrogen and oxygen atoms in total. The summed E-state index contributed by atoms with van der Waals surface area (Å²) in [7, 11) is 0. The Morgan fingerprint density at radius 2 is 1.94 bits per heavy atom. The molecule has 1 N–H and O–H groups in total. The van der Waals surface area contributed by atoms with E-state index in [1.807, 2.05) is 12.1 Å². The third kappa shape index (κ3) is 3.63. The lowest BCUT2D eigenvalue weighted by Crippen LogP contribution is -2.43. The minimum absolute atomic E-state index is 0.298. The maximum atomic E-state index is 12.0. The summed E-state index contributed by atoms with van der Waals surface area (Å²) in [6.07, 6.45) is 11.6. The van der Waals surface area contributed by atoms with E-state index in [1.165, 1.54) is 41.6 Å². The molecule has 2 aromatic carbocycles. The monoisotopic (exact) mass is 479 g/mol. The predicted molar refractivity (Wildman–Crippen MR) is 129 cm³/mol. The maximum Gasteiger partial charge on any atom is 0.335 e. The normalized spacial score (nSPS) is 25.9. The van der Waals surface area contributed by atoms with Gasteiger partial charge in [-0.05, 0) is 72.1 Å². The fraction of sp³-hybridized carbons (Fsp3) is 0.444. The third-order valence-corrected chi connectivity index (χ3v) is 8.07. The Hall–Kier alpha value is -2.07. The second-order valence-electron chi connectivity index (χ2n) is 9.33. The molecule has 3 aliphatic rings. The molecule has 0 radical (unpaired) electrons. The molecule has 5 rings (SSSR count). The van der Waals surface area contributed by atoms with Crippen molar-refractivity contribution in [2.45, 2.75) is 63.3 Å². The van der Waals surface area contributed by atoms with E-state index in [0.717, 1.165) is 30.3 Å². The van der Waals surface area contributed by atoms with Crippen LogP contribution in [0.5, 0.6) is 0 Å². The number of aromatic carboxylic acids is 1. The predicted octanol–water partition coefficient (Wildman–Crippen LogP) is 7.44. The van der Waals surface area contributed by atoms with E-state index < -0.39 is 5.97 Å². The molecule has 1 aliphatic carbocycles. The molecule has 0 saturated carbocycles. The van der Waals surface area contributed by atoms with Crippen molar-refractivity contribution in [1.29, 1.82) is 0 Å². The molecule has 0 fully saturated rings. The van der Waals surface area contributed by atoms with E-state index in [-0.39, 0.29) is 0 Å². The van der Waals surface area contributed by atoms with Gasteiger partial charge in [0.2, 0.25) is 0 Å². The Balaban J connectivity index is 1.64. The first kappa shape index (κ1) is 20.8. The van der Waals surface area contributed by atoms with E-state index in [9.17, 15) is 9.90 Å². The van der Waals surface area contributed by atoms with Crippen LogP contribution in [-0.4, -0.2) is 17.6 Å². The molecule has 0 spiro atoms. The number of benzene rings is 2. The highest BCUT2D eigenvalue weighted by molar-refractivity contribution is 9.10. The van der Waals surface area contributed by atoms with Crippen LogP contribution >= 0.6 is 15.9 Å². The number of carboxylic acid groups (broad SMARTS) is 1. The lowest BCUT2D eigenvalue weighted by Gasteiger charge is -2.50. The van der Waals surface area contributed by atoms with Gasteiger partial charge in [0, 0.05) is 22.6 Å². The van der Waals surface area contributed by atoms with Gasteiger partial charge < -0.3 is 10.0 Å². The number of carboxylic acids is 1. The topological polar surface area (TPSA) is 40.5 Å². The Bertz CT molecular complexity index is 1010. The molecule has 31 heavy (non-hydrogen) atoms. The van der Waals surface area contributed by atoms with Gasteiger partial charge in [0.15, 0.2) is 0 Å². The fourth-order valence-electron chi connectivity index (χ4n) is 6.13. The van der Waals surface area contributed by atoms with Gasteiger partial charge in [-0.3, -0.25) is 0 Å². The molecule has 162 valence electrons. The summed E-state index contributed by atoms with van der Waals surface area (Å²) < 4.78 is 1.11. The van der Waals surface area contributed by atoms with Gasteiger partial charge in [0.1, 0.15) is 0 Å². The van der Waals surface area contributed by atoms with E-state index in [4.69, 9.17) is 0 Å². The Morgan fingerprint density at radius 3 is 2.68 bits per heavy atom. The highest BCUT2D eigenvalue weighted by Gasteiger charge is 2.45. The van der Waals surface area contributed by atoms with Crippen LogP contribution < -0.4 is 4.90 Å². The Labute approximate surface area is 193 Å². The summed E-state index contributed by atoms with van der Waals surface area (Å²) in [6.45, 7) is 3.29. The minimum atomic E-state index is -0.808. The lowest BCUT2D eigenvalue weighted by molar-refractivity contribution is 0.0696. The van der Waals surface area contributed by atoms with Crippen LogP contribution in [0, 0.1) is 5.92 Å². The maximum absolute atomic E-state index is 12.0. The van der Waals surface area contributed by atoms with Gasteiger partial charge >= 0.3 is 5.97 Å². The number of unbranched alkanes of at least 4 members (excludes halogenated alkanes) is 2. The molecule has 0 unspecified atom stereocenters. The van der Waals surface area contributed by atoms with Crippen LogP contribution in [0.25, 0.3) is 0 Å². The second-order valence-corrected chi connectivity index (χ2v) is 10.2. The Morgan fingerprint density at radius 1 is 1.16 bits per heavy atom. The highest BCUT2D eigenvalue weighted by Crippen LogP contribution is 2.57. The standard InChI is InChI=1S/C27H30BrNO2/c1-2-3-4-6-17-13-14-29-25(18-9-11-20(28)12-10-18)22-8-5-7-21(22)24-16-19(27(30)31)15-23(17)26(24)29/h5,7,9-12,15-17,21-22,25H,2-4,6,8,13-14H2,1H3,(H,30,31)/t17-,21-,22-,25+/m1/s1. The fourth-order valence-corrected chi connectivity index (χ4v) is 6.40. The molecule has 4 atom stereocenters. The number of hydrogen-bond acceptors (Lipinski definition) is 2. The number of nitrogens with zero attached hydrogens (tertiary/aromatic N) is 1. The number of carbonyl (C=O) groups is 1. The molecule has 2 aliphatic heterocycles. The number of hydrogen-bond donors (Lipinski definition) is 1. The zero-order valence-corrected chi connectivity index (χ0v) is 19.6. The number of anilines is 1. The highest BCUT2D eigenvalue weighted by atomic mass is 79.9. The van der Waals surface area contributed by atoms with Crippen LogP contribution in [-0.2, 0) is 0 Å². The van der Waals surface area contributed by atoms with Crippen LogP contribution in [0.2, 0.25) is 0 Å². The summed E-state index contributed by atoms with van der Waals surface area (Å²) in [5.74, 6) is 0.412. The van der Waals surface area contributed by atoms with Gasteiger partial charge in [-0.2, -0.15) is 0 Å². The van der Waals surface area contributed by atoms with Crippen LogP contribution in [0.15, 0.2) is 53.0 Å². The zero-order valence-electron chi connectivity index (χ0n) is 18.1. The van der Waals surface area contributed by atoms with Crippen molar-refractivity contribution in [1.82, 2.24) is 0 Å². The van der Waals surface area contributed by atoms with Crippen molar-refractivity contribution >= 4 is 27.6 Å². The lowest BCUT2D eigenvalue weighted by atomic mass is 9.71. The van der Waals surface area contributed by atoms with Gasteiger partial charge in [-0.25, -0.2) is 4.79 Å². The Kier molecular flexibility index (Phi) is 5.68. The zero-order chi connectivity index (χ0) is 21.5. The molecule has 0 amide bonds. The van der Waals surface area contributed by atoms with Gasteiger partial charge in [-0.15, -0.1) is 0 Å². The minimum Gasteiger partial charge on any atom is -0.478 e. The van der Waals surface area contributed by atoms with E-state index in [1.54, 1.807) is 0 Å². The van der Waals surface area contributed by atoms with Crippen LogP contribution in [0.3, 0.4) is 0 Å². The number of fused-ring (bicyclic) bond motifs is 2. The largest absolute Gasteiger partial charge is 0.478 e. The smallest absolute Gasteiger partial charge is 0.335 e. The first-order valence-electron chi connectivity index (χ1n) is 11.7. The summed E-state index contributed by atoms with van der Waals surface area (Å²) >= 11 is 3.58. The quantitative estimate of drug-likeness (QED) is 0.345. The van der Waals surface area contributed by atoms with Crippen LogP contribution in [0.1, 0.15) is 90.4 Å². The van der Waals surface area contributed by atoms with Gasteiger partial charge in [-0.1, -0.05) is 66.4 Å². The number of rotatable bonds is 6. The SMILES string of the molecule is CCCCC[C@@H]1CCN2c3c1cc(C(=O)O)cc3[C@@H]1C=CC[C@H]1[C@@H]2c1ccc(Br)cc1. The van der Waals surface area contributed by atoms with Crippen molar-refractivity contribution in [3.63, 3.8) is 0 Å². The van der Waals surface area contributed by atoms with Crippen molar-refractivity contribution in [3.05, 3.63) is 75.3 Å². The molecule has 2 aromatic rings. The third-order valence-electron chi connectivity index (χ3n) is 7.54. The summed E-state index contributed by atoms with van der Waals surface area (Å²) in [4.78, 5) is 14.6. The molecular weight excluding hydrogens is 450 g/mol. The van der Waals surface area contributed by atoms with Crippen LogP contribution in [0.4, 0.5) is 5.69 Å². The van der Waals surface area contributed by atoms with E-state index in [0.29, 0.717) is 29.4 Å².